The highest BCUT2D eigenvalue weighted by atomic mass is 16.5. The van der Waals surface area contributed by atoms with E-state index < -0.39 is 6.10 Å². The summed E-state index contributed by atoms with van der Waals surface area (Å²) in [5.74, 6) is -0.276. The number of hydrogen-bond donors (Lipinski definition) is 2. The topological polar surface area (TPSA) is 66.8 Å². The van der Waals surface area contributed by atoms with E-state index in [-0.39, 0.29) is 19.2 Å². The lowest BCUT2D eigenvalue weighted by Crippen LogP contribution is -2.21. The van der Waals surface area contributed by atoms with E-state index >= 15 is 0 Å². The van der Waals surface area contributed by atoms with Gasteiger partial charge >= 0.3 is 5.97 Å². The van der Waals surface area contributed by atoms with Crippen molar-refractivity contribution in [2.75, 3.05) is 13.2 Å². The maximum absolute atomic E-state index is 11.4. The molecule has 1 atom stereocenters. The Bertz CT molecular complexity index is 281. The molecule has 0 bridgehead atoms. The average Bonchev–Trinajstić information content (AvgIpc) is 2.62. The van der Waals surface area contributed by atoms with Crippen LogP contribution in [0.15, 0.2) is 0 Å². The van der Waals surface area contributed by atoms with Crippen LogP contribution in [0.5, 0.6) is 0 Å². The number of carbonyl (C=O) groups is 1. The molecule has 4 heteroatoms. The zero-order valence-corrected chi connectivity index (χ0v) is 16.5. The first-order valence-corrected chi connectivity index (χ1v) is 10.6. The Morgan fingerprint density at radius 2 is 1.16 bits per heavy atom. The van der Waals surface area contributed by atoms with Gasteiger partial charge in [-0.25, -0.2) is 0 Å². The van der Waals surface area contributed by atoms with Crippen molar-refractivity contribution >= 4 is 5.97 Å². The van der Waals surface area contributed by atoms with E-state index in [1.807, 2.05) is 0 Å². The predicted molar refractivity (Wildman–Crippen MR) is 104 cm³/mol. The Morgan fingerprint density at radius 1 is 0.760 bits per heavy atom. The van der Waals surface area contributed by atoms with Crippen molar-refractivity contribution in [3.63, 3.8) is 0 Å². The van der Waals surface area contributed by atoms with Gasteiger partial charge in [0.2, 0.25) is 0 Å². The van der Waals surface area contributed by atoms with Gasteiger partial charge in [-0.15, -0.1) is 0 Å². The van der Waals surface area contributed by atoms with E-state index in [0.29, 0.717) is 6.42 Å². The molecule has 0 radical (unpaired) electrons. The molecule has 0 amide bonds. The Hall–Kier alpha value is -0.610. The van der Waals surface area contributed by atoms with Gasteiger partial charge in [-0.1, -0.05) is 96.8 Å². The molecule has 0 unspecified atom stereocenters. The first kappa shape index (κ1) is 24.4. The maximum Gasteiger partial charge on any atom is 0.305 e. The monoisotopic (exact) mass is 358 g/mol. The third-order valence-corrected chi connectivity index (χ3v) is 4.63. The number of rotatable bonds is 19. The average molecular weight is 359 g/mol. The van der Waals surface area contributed by atoms with Gasteiger partial charge in [0.05, 0.1) is 6.61 Å². The molecule has 0 aliphatic rings. The van der Waals surface area contributed by atoms with Gasteiger partial charge in [0.1, 0.15) is 12.7 Å². The van der Waals surface area contributed by atoms with Crippen LogP contribution >= 0.6 is 0 Å². The molecular weight excluding hydrogens is 316 g/mol. The van der Waals surface area contributed by atoms with Gasteiger partial charge in [0.15, 0.2) is 0 Å². The zero-order valence-electron chi connectivity index (χ0n) is 16.5. The molecule has 0 fully saturated rings. The van der Waals surface area contributed by atoms with Crippen molar-refractivity contribution in [1.82, 2.24) is 0 Å². The van der Waals surface area contributed by atoms with Gasteiger partial charge < -0.3 is 14.9 Å². The second-order valence-electron chi connectivity index (χ2n) is 7.22. The van der Waals surface area contributed by atoms with Crippen LogP contribution in [0.3, 0.4) is 0 Å². The van der Waals surface area contributed by atoms with Gasteiger partial charge in [0, 0.05) is 6.42 Å². The summed E-state index contributed by atoms with van der Waals surface area (Å²) in [7, 11) is 0. The smallest absolute Gasteiger partial charge is 0.305 e. The number of carbonyl (C=O) groups excluding carboxylic acids is 1. The summed E-state index contributed by atoms with van der Waals surface area (Å²) in [6.45, 7) is 1.79. The highest BCUT2D eigenvalue weighted by Crippen LogP contribution is 2.13. The minimum absolute atomic E-state index is 0.103. The Kier molecular flexibility index (Phi) is 19.2. The van der Waals surface area contributed by atoms with E-state index in [4.69, 9.17) is 14.9 Å². The van der Waals surface area contributed by atoms with Crippen LogP contribution in [0.1, 0.15) is 110 Å². The first-order chi connectivity index (χ1) is 12.2. The summed E-state index contributed by atoms with van der Waals surface area (Å²) in [6.07, 6.45) is 19.0. The molecule has 0 aliphatic heterocycles. The molecular formula is C21H42O4. The normalized spacial score (nSPS) is 12.3. The molecule has 0 aromatic heterocycles. The van der Waals surface area contributed by atoms with Crippen LogP contribution in [0.2, 0.25) is 0 Å². The van der Waals surface area contributed by atoms with Gasteiger partial charge in [0.25, 0.3) is 0 Å². The van der Waals surface area contributed by atoms with E-state index in [2.05, 4.69) is 6.92 Å². The fourth-order valence-electron chi connectivity index (χ4n) is 2.95. The molecule has 0 spiro atoms. The number of aliphatic hydroxyl groups is 2. The SMILES string of the molecule is CCCCCCCCCCCCCCCCCC(=O)OC[C@H](O)CO. The standard InChI is InChI=1S/C21H42O4/c1-2-3-4-5-6-7-8-9-10-11-12-13-14-15-16-17-21(24)25-19-20(23)18-22/h20,22-23H,2-19H2,1H3/t20-/m1/s1. The van der Waals surface area contributed by atoms with Crippen molar-refractivity contribution in [2.24, 2.45) is 0 Å². The fraction of sp³-hybridized carbons (Fsp3) is 0.952. The highest BCUT2D eigenvalue weighted by Gasteiger charge is 2.07. The van der Waals surface area contributed by atoms with Crippen molar-refractivity contribution in [3.05, 3.63) is 0 Å². The zero-order chi connectivity index (χ0) is 18.6. The van der Waals surface area contributed by atoms with E-state index in [1.54, 1.807) is 0 Å². The lowest BCUT2D eigenvalue weighted by Gasteiger charge is -2.08. The lowest BCUT2D eigenvalue weighted by atomic mass is 10.0. The molecule has 0 aromatic rings. The lowest BCUT2D eigenvalue weighted by molar-refractivity contribution is -0.147. The third-order valence-electron chi connectivity index (χ3n) is 4.63. The maximum atomic E-state index is 11.4. The van der Waals surface area contributed by atoms with E-state index in [0.717, 1.165) is 12.8 Å². The molecule has 2 N–H and O–H groups in total. The number of hydrogen-bond acceptors (Lipinski definition) is 4. The number of aliphatic hydroxyl groups excluding tert-OH is 2. The molecule has 25 heavy (non-hydrogen) atoms. The molecule has 0 rings (SSSR count). The van der Waals surface area contributed by atoms with Crippen LogP contribution in [0, 0.1) is 0 Å². The van der Waals surface area contributed by atoms with Crippen LogP contribution in [-0.4, -0.2) is 35.5 Å². The minimum atomic E-state index is -0.954. The van der Waals surface area contributed by atoms with Gasteiger partial charge in [-0.3, -0.25) is 4.79 Å². The second-order valence-corrected chi connectivity index (χ2v) is 7.22. The second kappa shape index (κ2) is 19.7. The summed E-state index contributed by atoms with van der Waals surface area (Å²) in [5, 5.41) is 17.7. The highest BCUT2D eigenvalue weighted by molar-refractivity contribution is 5.69. The molecule has 0 aliphatic carbocycles. The largest absolute Gasteiger partial charge is 0.463 e. The molecule has 0 saturated heterocycles. The van der Waals surface area contributed by atoms with E-state index in [1.165, 1.54) is 83.5 Å². The fourth-order valence-corrected chi connectivity index (χ4v) is 2.95. The number of unbranched alkanes of at least 4 members (excludes halogenated alkanes) is 14. The van der Waals surface area contributed by atoms with Crippen LogP contribution < -0.4 is 0 Å². The quantitative estimate of drug-likeness (QED) is 0.248. The number of esters is 1. The van der Waals surface area contributed by atoms with Gasteiger partial charge in [-0.05, 0) is 6.42 Å². The number of ether oxygens (including phenoxy) is 1. The minimum Gasteiger partial charge on any atom is -0.463 e. The van der Waals surface area contributed by atoms with Crippen LogP contribution in [0.4, 0.5) is 0 Å². The Balaban J connectivity index is 3.12. The van der Waals surface area contributed by atoms with Crippen molar-refractivity contribution in [3.8, 4) is 0 Å². The summed E-state index contributed by atoms with van der Waals surface area (Å²) in [4.78, 5) is 11.4. The summed E-state index contributed by atoms with van der Waals surface area (Å²) >= 11 is 0. The van der Waals surface area contributed by atoms with Crippen LogP contribution in [0.25, 0.3) is 0 Å². The third kappa shape index (κ3) is 19.6. The predicted octanol–water partition coefficient (Wildman–Crippen LogP) is 5.14. The van der Waals surface area contributed by atoms with Crippen molar-refractivity contribution in [1.29, 1.82) is 0 Å². The summed E-state index contributed by atoms with van der Waals surface area (Å²) < 4.78 is 4.86. The van der Waals surface area contributed by atoms with Crippen LogP contribution in [-0.2, 0) is 9.53 Å². The van der Waals surface area contributed by atoms with Crippen molar-refractivity contribution < 1.29 is 19.7 Å². The molecule has 0 heterocycles. The molecule has 150 valence electrons. The Labute approximate surface area is 155 Å². The first-order valence-electron chi connectivity index (χ1n) is 10.6. The van der Waals surface area contributed by atoms with Gasteiger partial charge in [-0.2, -0.15) is 0 Å². The Morgan fingerprint density at radius 3 is 1.56 bits per heavy atom. The molecule has 4 nitrogen and oxygen atoms in total. The molecule has 0 aromatic carbocycles. The van der Waals surface area contributed by atoms with Crippen molar-refractivity contribution in [2.45, 2.75) is 116 Å². The summed E-state index contributed by atoms with van der Waals surface area (Å²) in [5.41, 5.74) is 0. The molecule has 0 saturated carbocycles. The van der Waals surface area contributed by atoms with E-state index in [9.17, 15) is 4.79 Å². The summed E-state index contributed by atoms with van der Waals surface area (Å²) in [6, 6.07) is 0.